The summed E-state index contributed by atoms with van der Waals surface area (Å²) in [6.07, 6.45) is 3.67. The van der Waals surface area contributed by atoms with E-state index >= 15 is 0 Å². The maximum atomic E-state index is 11.5. The first-order valence-electron chi connectivity index (χ1n) is 6.30. The van der Waals surface area contributed by atoms with Gasteiger partial charge in [-0.3, -0.25) is 4.79 Å². The summed E-state index contributed by atoms with van der Waals surface area (Å²) < 4.78 is 5.24. The van der Waals surface area contributed by atoms with E-state index in [1.165, 1.54) is 5.56 Å². The molecule has 0 amide bonds. The van der Waals surface area contributed by atoms with Crippen molar-refractivity contribution in [3.05, 3.63) is 30.0 Å². The van der Waals surface area contributed by atoms with Crippen molar-refractivity contribution in [3.8, 4) is 5.75 Å². The van der Waals surface area contributed by atoms with Crippen LogP contribution in [0.5, 0.6) is 5.75 Å². The summed E-state index contributed by atoms with van der Waals surface area (Å²) in [5, 5.41) is 1.15. The van der Waals surface area contributed by atoms with E-state index in [1.807, 2.05) is 24.4 Å². The third-order valence-corrected chi connectivity index (χ3v) is 3.51. The van der Waals surface area contributed by atoms with Crippen LogP contribution >= 0.6 is 0 Å². The molecule has 3 heteroatoms. The standard InChI is InChI=1S/C15H19NO2/c1-4-11(10(2)17)7-12-9-16-15-6-5-13(18-3)8-14(12)15/h5-6,8-9,11,16H,4,7H2,1-3H3/t11-/m0/s1. The van der Waals surface area contributed by atoms with Crippen molar-refractivity contribution < 1.29 is 9.53 Å². The summed E-state index contributed by atoms with van der Waals surface area (Å²) in [6, 6.07) is 5.96. The Bertz CT molecular complexity index is 557. The number of nitrogens with one attached hydrogen (secondary N) is 1. The minimum atomic E-state index is 0.107. The van der Waals surface area contributed by atoms with E-state index in [-0.39, 0.29) is 11.7 Å². The van der Waals surface area contributed by atoms with Crippen LogP contribution in [0.1, 0.15) is 25.8 Å². The normalized spacial score (nSPS) is 12.6. The van der Waals surface area contributed by atoms with Gasteiger partial charge in [0.05, 0.1) is 7.11 Å². The number of Topliss-reactive ketones (excluding diaryl/α,β-unsaturated/α-hetero) is 1. The minimum absolute atomic E-state index is 0.107. The molecular formula is C15H19NO2. The van der Waals surface area contributed by atoms with Gasteiger partial charge in [-0.25, -0.2) is 0 Å². The zero-order chi connectivity index (χ0) is 13.1. The van der Waals surface area contributed by atoms with Crippen molar-refractivity contribution in [2.75, 3.05) is 7.11 Å². The van der Waals surface area contributed by atoms with Gasteiger partial charge >= 0.3 is 0 Å². The first-order valence-corrected chi connectivity index (χ1v) is 6.30. The second-order valence-corrected chi connectivity index (χ2v) is 4.65. The number of benzene rings is 1. The molecule has 1 aromatic heterocycles. The number of ketones is 1. The lowest BCUT2D eigenvalue weighted by atomic mass is 9.93. The first kappa shape index (κ1) is 12.7. The van der Waals surface area contributed by atoms with Gasteiger partial charge in [-0.2, -0.15) is 0 Å². The quantitative estimate of drug-likeness (QED) is 0.877. The summed E-state index contributed by atoms with van der Waals surface area (Å²) in [5.74, 6) is 1.21. The Labute approximate surface area is 107 Å². The highest BCUT2D eigenvalue weighted by Gasteiger charge is 2.15. The molecule has 0 aliphatic heterocycles. The van der Waals surface area contributed by atoms with Gasteiger partial charge in [-0.15, -0.1) is 0 Å². The number of ether oxygens (including phenoxy) is 1. The molecular weight excluding hydrogens is 226 g/mol. The Morgan fingerprint density at radius 1 is 1.44 bits per heavy atom. The molecule has 0 bridgehead atoms. The van der Waals surface area contributed by atoms with Crippen LogP contribution in [0, 0.1) is 5.92 Å². The van der Waals surface area contributed by atoms with Gasteiger partial charge in [-0.05, 0) is 43.5 Å². The molecule has 3 nitrogen and oxygen atoms in total. The van der Waals surface area contributed by atoms with Gasteiger partial charge in [0.15, 0.2) is 0 Å². The van der Waals surface area contributed by atoms with Crippen LogP contribution in [0.4, 0.5) is 0 Å². The maximum Gasteiger partial charge on any atom is 0.133 e. The molecule has 2 rings (SSSR count). The fraction of sp³-hybridized carbons (Fsp3) is 0.400. The number of methoxy groups -OCH3 is 1. The van der Waals surface area contributed by atoms with Crippen LogP contribution in [0.3, 0.4) is 0 Å². The molecule has 0 aliphatic rings. The van der Waals surface area contributed by atoms with Crippen LogP contribution < -0.4 is 4.74 Å². The van der Waals surface area contributed by atoms with Gasteiger partial charge in [0.25, 0.3) is 0 Å². The SMILES string of the molecule is CC[C@@H](Cc1c[nH]c2ccc(OC)cc12)C(C)=O. The van der Waals surface area contributed by atoms with E-state index in [1.54, 1.807) is 14.0 Å². The summed E-state index contributed by atoms with van der Waals surface area (Å²) in [7, 11) is 1.66. The maximum absolute atomic E-state index is 11.5. The first-order chi connectivity index (χ1) is 8.65. The smallest absolute Gasteiger partial charge is 0.133 e. The molecule has 0 fully saturated rings. The van der Waals surface area contributed by atoms with E-state index < -0.39 is 0 Å². The summed E-state index contributed by atoms with van der Waals surface area (Å²) in [4.78, 5) is 14.8. The molecule has 1 heterocycles. The van der Waals surface area contributed by atoms with Crippen molar-refractivity contribution in [3.63, 3.8) is 0 Å². The Kier molecular flexibility index (Phi) is 3.70. The average Bonchev–Trinajstić information content (AvgIpc) is 2.77. The third kappa shape index (κ3) is 2.40. The molecule has 96 valence electrons. The molecule has 1 N–H and O–H groups in total. The molecule has 1 atom stereocenters. The van der Waals surface area contributed by atoms with E-state index in [2.05, 4.69) is 11.9 Å². The van der Waals surface area contributed by atoms with Gasteiger partial charge in [0.2, 0.25) is 0 Å². The van der Waals surface area contributed by atoms with Crippen molar-refractivity contribution >= 4 is 16.7 Å². The van der Waals surface area contributed by atoms with E-state index in [0.717, 1.165) is 29.5 Å². The van der Waals surface area contributed by atoms with Crippen molar-refractivity contribution in [1.29, 1.82) is 0 Å². The molecule has 0 spiro atoms. The summed E-state index contributed by atoms with van der Waals surface area (Å²) in [6.45, 7) is 3.73. The lowest BCUT2D eigenvalue weighted by Gasteiger charge is -2.10. The van der Waals surface area contributed by atoms with Crippen molar-refractivity contribution in [2.24, 2.45) is 5.92 Å². The number of rotatable bonds is 5. The number of carbonyl (C=O) groups is 1. The van der Waals surface area contributed by atoms with Gasteiger partial charge in [0.1, 0.15) is 11.5 Å². The second-order valence-electron chi connectivity index (χ2n) is 4.65. The number of fused-ring (bicyclic) bond motifs is 1. The molecule has 0 radical (unpaired) electrons. The number of aromatic amines is 1. The van der Waals surface area contributed by atoms with E-state index in [9.17, 15) is 4.79 Å². The average molecular weight is 245 g/mol. The zero-order valence-electron chi connectivity index (χ0n) is 11.1. The van der Waals surface area contributed by atoms with Crippen LogP contribution in [0.2, 0.25) is 0 Å². The Morgan fingerprint density at radius 2 is 2.22 bits per heavy atom. The summed E-state index contributed by atoms with van der Waals surface area (Å²) in [5.41, 5.74) is 2.27. The third-order valence-electron chi connectivity index (χ3n) is 3.51. The highest BCUT2D eigenvalue weighted by atomic mass is 16.5. The fourth-order valence-electron chi connectivity index (χ4n) is 2.29. The topological polar surface area (TPSA) is 42.1 Å². The van der Waals surface area contributed by atoms with Gasteiger partial charge in [0, 0.05) is 23.0 Å². The van der Waals surface area contributed by atoms with Crippen LogP contribution in [0.15, 0.2) is 24.4 Å². The monoisotopic (exact) mass is 245 g/mol. The number of aromatic nitrogens is 1. The van der Waals surface area contributed by atoms with Crippen LogP contribution in [-0.4, -0.2) is 17.9 Å². The van der Waals surface area contributed by atoms with Gasteiger partial charge < -0.3 is 9.72 Å². The summed E-state index contributed by atoms with van der Waals surface area (Å²) >= 11 is 0. The number of H-pyrrole nitrogens is 1. The lowest BCUT2D eigenvalue weighted by molar-refractivity contribution is -0.120. The number of carbonyl (C=O) groups excluding carboxylic acids is 1. The molecule has 0 saturated carbocycles. The van der Waals surface area contributed by atoms with Gasteiger partial charge in [-0.1, -0.05) is 6.92 Å². The fourth-order valence-corrected chi connectivity index (χ4v) is 2.29. The van der Waals surface area contributed by atoms with E-state index in [4.69, 9.17) is 4.74 Å². The number of hydrogen-bond acceptors (Lipinski definition) is 2. The predicted molar refractivity (Wildman–Crippen MR) is 73.0 cm³/mol. The molecule has 1 aromatic carbocycles. The second kappa shape index (κ2) is 5.25. The highest BCUT2D eigenvalue weighted by molar-refractivity contribution is 5.86. The number of hydrogen-bond donors (Lipinski definition) is 1. The Morgan fingerprint density at radius 3 is 2.83 bits per heavy atom. The molecule has 18 heavy (non-hydrogen) atoms. The molecule has 0 saturated heterocycles. The van der Waals surface area contributed by atoms with E-state index in [0.29, 0.717) is 0 Å². The van der Waals surface area contributed by atoms with Crippen LogP contribution in [0.25, 0.3) is 10.9 Å². The predicted octanol–water partition coefficient (Wildman–Crippen LogP) is 3.33. The van der Waals surface area contributed by atoms with Crippen molar-refractivity contribution in [1.82, 2.24) is 4.98 Å². The molecule has 2 aromatic rings. The highest BCUT2D eigenvalue weighted by Crippen LogP contribution is 2.26. The van der Waals surface area contributed by atoms with Crippen LogP contribution in [-0.2, 0) is 11.2 Å². The molecule has 0 aliphatic carbocycles. The lowest BCUT2D eigenvalue weighted by Crippen LogP contribution is -2.12. The zero-order valence-corrected chi connectivity index (χ0v) is 11.1. The largest absolute Gasteiger partial charge is 0.497 e. The Hall–Kier alpha value is -1.77. The minimum Gasteiger partial charge on any atom is -0.497 e. The Balaban J connectivity index is 2.35. The van der Waals surface area contributed by atoms with Crippen molar-refractivity contribution in [2.45, 2.75) is 26.7 Å². The molecule has 0 unspecified atom stereocenters.